The van der Waals surface area contributed by atoms with Gasteiger partial charge in [-0.3, -0.25) is 11.3 Å². The molecule has 0 aliphatic heterocycles. The highest BCUT2D eigenvalue weighted by Crippen LogP contribution is 2.25. The number of hydrazine groups is 1. The Labute approximate surface area is 96.9 Å². The number of rotatable bonds is 5. The van der Waals surface area contributed by atoms with Crippen LogP contribution in [-0.2, 0) is 4.74 Å². The Morgan fingerprint density at radius 3 is 2.87 bits per heavy atom. The Morgan fingerprint density at radius 1 is 1.60 bits per heavy atom. The summed E-state index contributed by atoms with van der Waals surface area (Å²) in [5, 5.41) is 0. The van der Waals surface area contributed by atoms with Crippen molar-refractivity contribution in [2.75, 3.05) is 13.2 Å². The molecule has 0 aliphatic rings. The van der Waals surface area contributed by atoms with Gasteiger partial charge in [0.25, 0.3) is 0 Å². The molecule has 3 N–H and O–H groups in total. The molecule has 5 heteroatoms. The van der Waals surface area contributed by atoms with E-state index in [1.807, 2.05) is 6.92 Å². The molecule has 0 aromatic heterocycles. The maximum atomic E-state index is 13.5. The van der Waals surface area contributed by atoms with Crippen LogP contribution in [0.25, 0.3) is 0 Å². The average molecular weight is 277 g/mol. The number of nitrogens with two attached hydrogens (primary N) is 1. The van der Waals surface area contributed by atoms with Crippen LogP contribution in [0.1, 0.15) is 18.5 Å². The Kier molecular flexibility index (Phi) is 5.17. The Morgan fingerprint density at radius 2 is 2.33 bits per heavy atom. The minimum Gasteiger partial charge on any atom is -0.380 e. The van der Waals surface area contributed by atoms with E-state index in [0.717, 1.165) is 0 Å². The van der Waals surface area contributed by atoms with Gasteiger partial charge in [0, 0.05) is 16.6 Å². The summed E-state index contributed by atoms with van der Waals surface area (Å²) < 4.78 is 19.4. The van der Waals surface area contributed by atoms with Crippen LogP contribution < -0.4 is 11.3 Å². The van der Waals surface area contributed by atoms with E-state index in [-0.39, 0.29) is 11.9 Å². The monoisotopic (exact) mass is 276 g/mol. The van der Waals surface area contributed by atoms with Gasteiger partial charge in [0.05, 0.1) is 12.6 Å². The highest BCUT2D eigenvalue weighted by atomic mass is 79.9. The van der Waals surface area contributed by atoms with Crippen LogP contribution in [0, 0.1) is 5.82 Å². The lowest BCUT2D eigenvalue weighted by Crippen LogP contribution is -2.32. The Hall–Kier alpha value is -0.490. The standard InChI is InChI=1S/C10H14BrFN2O/c1-2-15-6-9(14-13)10-7(11)4-3-5-8(10)12/h3-5,9,14H,2,6,13H2,1H3. The first-order valence-corrected chi connectivity index (χ1v) is 5.47. The second-order valence-electron chi connectivity index (χ2n) is 3.01. The summed E-state index contributed by atoms with van der Waals surface area (Å²) >= 11 is 3.29. The molecular weight excluding hydrogens is 263 g/mol. The molecule has 84 valence electrons. The van der Waals surface area contributed by atoms with Gasteiger partial charge in [0.1, 0.15) is 5.82 Å². The fourth-order valence-electron chi connectivity index (χ4n) is 1.29. The van der Waals surface area contributed by atoms with Gasteiger partial charge in [-0.1, -0.05) is 22.0 Å². The minimum absolute atomic E-state index is 0.299. The second-order valence-corrected chi connectivity index (χ2v) is 3.87. The number of nitrogens with one attached hydrogen (secondary N) is 1. The van der Waals surface area contributed by atoms with E-state index in [2.05, 4.69) is 21.4 Å². The van der Waals surface area contributed by atoms with Gasteiger partial charge in [-0.25, -0.2) is 4.39 Å². The van der Waals surface area contributed by atoms with Gasteiger partial charge < -0.3 is 4.74 Å². The first-order chi connectivity index (χ1) is 7.20. The number of benzene rings is 1. The van der Waals surface area contributed by atoms with E-state index < -0.39 is 0 Å². The van der Waals surface area contributed by atoms with Crippen LogP contribution >= 0.6 is 15.9 Å². The SMILES string of the molecule is CCOCC(NN)c1c(F)cccc1Br. The first-order valence-electron chi connectivity index (χ1n) is 4.68. The number of hydrogen-bond acceptors (Lipinski definition) is 3. The smallest absolute Gasteiger partial charge is 0.129 e. The summed E-state index contributed by atoms with van der Waals surface area (Å²) in [6.07, 6.45) is 0. The average Bonchev–Trinajstić information content (AvgIpc) is 2.22. The van der Waals surface area contributed by atoms with Gasteiger partial charge in [-0.15, -0.1) is 0 Å². The third-order valence-corrected chi connectivity index (χ3v) is 2.73. The van der Waals surface area contributed by atoms with Crippen molar-refractivity contribution >= 4 is 15.9 Å². The molecular formula is C10H14BrFN2O. The third kappa shape index (κ3) is 3.24. The zero-order chi connectivity index (χ0) is 11.3. The van der Waals surface area contributed by atoms with E-state index in [0.29, 0.717) is 23.2 Å². The quantitative estimate of drug-likeness (QED) is 0.640. The summed E-state index contributed by atoms with van der Waals surface area (Å²) in [6, 6.07) is 4.46. The highest BCUT2D eigenvalue weighted by Gasteiger charge is 2.17. The van der Waals surface area contributed by atoms with Crippen molar-refractivity contribution in [3.8, 4) is 0 Å². The van der Waals surface area contributed by atoms with E-state index in [1.165, 1.54) is 6.07 Å². The maximum absolute atomic E-state index is 13.5. The van der Waals surface area contributed by atoms with Crippen LogP contribution in [-0.4, -0.2) is 13.2 Å². The van der Waals surface area contributed by atoms with Gasteiger partial charge in [0.15, 0.2) is 0 Å². The molecule has 1 atom stereocenters. The maximum Gasteiger partial charge on any atom is 0.129 e. The van der Waals surface area contributed by atoms with Crippen LogP contribution in [0.5, 0.6) is 0 Å². The zero-order valence-electron chi connectivity index (χ0n) is 8.47. The molecule has 0 amide bonds. The fraction of sp³-hybridized carbons (Fsp3) is 0.400. The molecule has 15 heavy (non-hydrogen) atoms. The minimum atomic E-state index is -0.347. The lowest BCUT2D eigenvalue weighted by molar-refractivity contribution is 0.122. The van der Waals surface area contributed by atoms with E-state index in [9.17, 15) is 4.39 Å². The molecule has 0 heterocycles. The molecule has 0 aliphatic carbocycles. The van der Waals surface area contributed by atoms with E-state index in [1.54, 1.807) is 12.1 Å². The van der Waals surface area contributed by atoms with Crippen molar-refractivity contribution in [3.05, 3.63) is 34.1 Å². The Balaban J connectivity index is 2.90. The highest BCUT2D eigenvalue weighted by molar-refractivity contribution is 9.10. The summed E-state index contributed by atoms with van der Waals surface area (Å²) in [4.78, 5) is 0. The zero-order valence-corrected chi connectivity index (χ0v) is 10.1. The lowest BCUT2D eigenvalue weighted by atomic mass is 10.1. The molecule has 0 spiro atoms. The van der Waals surface area contributed by atoms with Gasteiger partial charge in [-0.2, -0.15) is 0 Å². The summed E-state index contributed by atoms with van der Waals surface area (Å²) in [6.45, 7) is 2.79. The predicted octanol–water partition coefficient (Wildman–Crippen LogP) is 2.13. The molecule has 1 aromatic carbocycles. The molecule has 1 rings (SSSR count). The molecule has 0 saturated carbocycles. The summed E-state index contributed by atoms with van der Waals surface area (Å²) in [5.41, 5.74) is 3.03. The van der Waals surface area contributed by atoms with E-state index >= 15 is 0 Å². The molecule has 1 unspecified atom stereocenters. The van der Waals surface area contributed by atoms with Crippen LogP contribution in [0.2, 0.25) is 0 Å². The summed E-state index contributed by atoms with van der Waals surface area (Å²) in [7, 11) is 0. The molecule has 3 nitrogen and oxygen atoms in total. The first kappa shape index (κ1) is 12.6. The van der Waals surface area contributed by atoms with Crippen molar-refractivity contribution in [1.29, 1.82) is 0 Å². The molecule has 1 aromatic rings. The Bertz CT molecular complexity index is 302. The number of hydrogen-bond donors (Lipinski definition) is 2. The van der Waals surface area contributed by atoms with Crippen molar-refractivity contribution in [2.24, 2.45) is 5.84 Å². The third-order valence-electron chi connectivity index (χ3n) is 2.04. The van der Waals surface area contributed by atoms with Gasteiger partial charge in [0.2, 0.25) is 0 Å². The molecule has 0 saturated heterocycles. The van der Waals surface area contributed by atoms with Gasteiger partial charge in [-0.05, 0) is 19.1 Å². The second kappa shape index (κ2) is 6.17. The number of halogens is 2. The van der Waals surface area contributed by atoms with Crippen LogP contribution in [0.15, 0.2) is 22.7 Å². The molecule has 0 radical (unpaired) electrons. The van der Waals surface area contributed by atoms with Crippen molar-refractivity contribution in [2.45, 2.75) is 13.0 Å². The van der Waals surface area contributed by atoms with Crippen molar-refractivity contribution in [1.82, 2.24) is 5.43 Å². The van der Waals surface area contributed by atoms with Crippen LogP contribution in [0.3, 0.4) is 0 Å². The lowest BCUT2D eigenvalue weighted by Gasteiger charge is -2.18. The summed E-state index contributed by atoms with van der Waals surface area (Å²) in [5.74, 6) is 5.07. The molecule has 0 fully saturated rings. The van der Waals surface area contributed by atoms with Gasteiger partial charge >= 0.3 is 0 Å². The van der Waals surface area contributed by atoms with E-state index in [4.69, 9.17) is 10.6 Å². The topological polar surface area (TPSA) is 47.3 Å². The fourth-order valence-corrected chi connectivity index (χ4v) is 1.91. The normalized spacial score (nSPS) is 12.8. The number of ether oxygens (including phenoxy) is 1. The van der Waals surface area contributed by atoms with Crippen LogP contribution in [0.4, 0.5) is 4.39 Å². The molecule has 0 bridgehead atoms. The van der Waals surface area contributed by atoms with Crippen molar-refractivity contribution in [3.63, 3.8) is 0 Å². The van der Waals surface area contributed by atoms with Crippen molar-refractivity contribution < 1.29 is 9.13 Å². The largest absolute Gasteiger partial charge is 0.380 e. The predicted molar refractivity (Wildman–Crippen MR) is 60.7 cm³/mol.